The predicted octanol–water partition coefficient (Wildman–Crippen LogP) is 15.0. The van der Waals surface area contributed by atoms with Crippen molar-refractivity contribution in [1.82, 2.24) is 0 Å². The van der Waals surface area contributed by atoms with E-state index in [0.29, 0.717) is 0 Å². The van der Waals surface area contributed by atoms with Crippen molar-refractivity contribution >= 4 is 34.1 Å². The first-order valence-corrected chi connectivity index (χ1v) is 21.3. The van der Waals surface area contributed by atoms with Crippen LogP contribution in [0, 0.1) is 0 Å². The molecule has 0 amide bonds. The molecule has 0 saturated heterocycles. The SMILES string of the molecule is CCCCOc1ccc(N(c2ccc(OCCCC)cc2)c2ccc(-c3ccc(N(c4ccc(OCCCC)cc4)c4ccc(OCCCC)cc4)cc3)cc2)cc1. The maximum Gasteiger partial charge on any atom is 0.119 e. The molecule has 0 saturated carbocycles. The molecule has 0 aromatic heterocycles. The van der Waals surface area contributed by atoms with Crippen LogP contribution in [-0.4, -0.2) is 26.4 Å². The van der Waals surface area contributed by atoms with Gasteiger partial charge in [0.15, 0.2) is 0 Å². The van der Waals surface area contributed by atoms with Gasteiger partial charge in [-0.1, -0.05) is 77.6 Å². The van der Waals surface area contributed by atoms with Gasteiger partial charge in [-0.05, 0) is 158 Å². The highest BCUT2D eigenvalue weighted by Gasteiger charge is 2.16. The molecule has 0 spiro atoms. The fourth-order valence-electron chi connectivity index (χ4n) is 6.60. The number of hydrogen-bond donors (Lipinski definition) is 0. The molecule has 6 aromatic rings. The average molecular weight is 777 g/mol. The molecule has 0 unspecified atom stereocenters. The summed E-state index contributed by atoms with van der Waals surface area (Å²) >= 11 is 0. The van der Waals surface area contributed by atoms with Gasteiger partial charge in [0.2, 0.25) is 0 Å². The zero-order valence-electron chi connectivity index (χ0n) is 34.9. The molecule has 0 aliphatic rings. The lowest BCUT2D eigenvalue weighted by Crippen LogP contribution is -2.10. The molecule has 6 heteroatoms. The van der Waals surface area contributed by atoms with Crippen LogP contribution in [0.5, 0.6) is 23.0 Å². The van der Waals surface area contributed by atoms with Gasteiger partial charge in [0.1, 0.15) is 23.0 Å². The molecule has 0 bridgehead atoms. The Hall–Kier alpha value is -5.88. The summed E-state index contributed by atoms with van der Waals surface area (Å²) in [7, 11) is 0. The second-order valence-electron chi connectivity index (χ2n) is 14.5. The Morgan fingerprint density at radius 2 is 0.466 bits per heavy atom. The van der Waals surface area contributed by atoms with Crippen LogP contribution in [0.25, 0.3) is 11.1 Å². The number of ether oxygens (including phenoxy) is 4. The molecular formula is C52H60N2O4. The molecule has 6 rings (SSSR count). The number of rotatable bonds is 23. The maximum atomic E-state index is 5.99. The molecule has 6 aromatic carbocycles. The van der Waals surface area contributed by atoms with Crippen molar-refractivity contribution in [3.05, 3.63) is 146 Å². The normalized spacial score (nSPS) is 10.9. The highest BCUT2D eigenvalue weighted by Crippen LogP contribution is 2.39. The fourth-order valence-corrected chi connectivity index (χ4v) is 6.60. The van der Waals surface area contributed by atoms with Crippen molar-refractivity contribution in [3.63, 3.8) is 0 Å². The smallest absolute Gasteiger partial charge is 0.119 e. The van der Waals surface area contributed by atoms with Crippen molar-refractivity contribution < 1.29 is 18.9 Å². The Morgan fingerprint density at radius 3 is 0.655 bits per heavy atom. The van der Waals surface area contributed by atoms with Crippen molar-refractivity contribution in [3.8, 4) is 34.1 Å². The van der Waals surface area contributed by atoms with E-state index in [1.165, 1.54) is 0 Å². The molecule has 0 N–H and O–H groups in total. The lowest BCUT2D eigenvalue weighted by Gasteiger charge is -2.26. The van der Waals surface area contributed by atoms with E-state index in [4.69, 9.17) is 18.9 Å². The molecule has 302 valence electrons. The molecule has 6 nitrogen and oxygen atoms in total. The summed E-state index contributed by atoms with van der Waals surface area (Å²) in [5.41, 5.74) is 8.64. The minimum atomic E-state index is 0.725. The van der Waals surface area contributed by atoms with Gasteiger partial charge in [-0.25, -0.2) is 0 Å². The lowest BCUT2D eigenvalue weighted by atomic mass is 10.0. The van der Waals surface area contributed by atoms with Gasteiger partial charge < -0.3 is 28.7 Å². The van der Waals surface area contributed by atoms with Gasteiger partial charge in [-0.3, -0.25) is 0 Å². The van der Waals surface area contributed by atoms with E-state index < -0.39 is 0 Å². The van der Waals surface area contributed by atoms with E-state index in [0.717, 1.165) is 146 Å². The largest absolute Gasteiger partial charge is 0.494 e. The van der Waals surface area contributed by atoms with Gasteiger partial charge in [-0.15, -0.1) is 0 Å². The zero-order chi connectivity index (χ0) is 40.4. The maximum absolute atomic E-state index is 5.99. The number of hydrogen-bond acceptors (Lipinski definition) is 6. The van der Waals surface area contributed by atoms with Gasteiger partial charge in [0.05, 0.1) is 26.4 Å². The predicted molar refractivity (Wildman–Crippen MR) is 243 cm³/mol. The molecule has 0 aliphatic heterocycles. The Morgan fingerprint density at radius 1 is 0.276 bits per heavy atom. The number of anilines is 6. The molecule has 0 radical (unpaired) electrons. The second kappa shape index (κ2) is 22.2. The summed E-state index contributed by atoms with van der Waals surface area (Å²) < 4.78 is 23.9. The second-order valence-corrected chi connectivity index (χ2v) is 14.5. The van der Waals surface area contributed by atoms with E-state index >= 15 is 0 Å². The molecule has 0 heterocycles. The molecular weight excluding hydrogens is 717 g/mol. The highest BCUT2D eigenvalue weighted by atomic mass is 16.5. The zero-order valence-corrected chi connectivity index (χ0v) is 34.9. The molecule has 58 heavy (non-hydrogen) atoms. The standard InChI is InChI=1S/C52H60N2O4/c1-5-9-37-55-49-29-21-45(22-30-49)53(46-23-31-50(32-24-46)56-38-10-6-2)43-17-13-41(14-18-43)42-15-19-44(20-16-42)54(47-25-33-51(34-26-47)57-39-11-7-3)48-27-35-52(36-28-48)58-40-12-8-4/h13-36H,5-12,37-40H2,1-4H3. The van der Waals surface area contributed by atoms with Crippen LogP contribution in [0.15, 0.2) is 146 Å². The molecule has 0 atom stereocenters. The average Bonchev–Trinajstić information content (AvgIpc) is 3.27. The third-order valence-electron chi connectivity index (χ3n) is 10.0. The van der Waals surface area contributed by atoms with E-state index in [1.54, 1.807) is 0 Å². The van der Waals surface area contributed by atoms with Gasteiger partial charge in [0.25, 0.3) is 0 Å². The Labute approximate surface area is 347 Å². The van der Waals surface area contributed by atoms with E-state index in [-0.39, 0.29) is 0 Å². The fraction of sp³-hybridized carbons (Fsp3) is 0.308. The Bertz CT molecular complexity index is 1790. The minimum Gasteiger partial charge on any atom is -0.494 e. The Balaban J connectivity index is 1.25. The van der Waals surface area contributed by atoms with Crippen LogP contribution < -0.4 is 28.7 Å². The van der Waals surface area contributed by atoms with E-state index in [9.17, 15) is 0 Å². The van der Waals surface area contributed by atoms with Crippen LogP contribution in [-0.2, 0) is 0 Å². The van der Waals surface area contributed by atoms with Gasteiger partial charge in [0, 0.05) is 34.1 Å². The number of unbranched alkanes of at least 4 members (excludes halogenated alkanes) is 4. The first-order chi connectivity index (χ1) is 28.6. The lowest BCUT2D eigenvalue weighted by molar-refractivity contribution is 0.309. The third kappa shape index (κ3) is 11.6. The summed E-state index contributed by atoms with van der Waals surface area (Å²) in [4.78, 5) is 4.55. The van der Waals surface area contributed by atoms with Gasteiger partial charge in [-0.2, -0.15) is 0 Å². The summed E-state index contributed by atoms with van der Waals surface area (Å²) in [5.74, 6) is 3.54. The summed E-state index contributed by atoms with van der Waals surface area (Å²) in [6.45, 7) is 11.6. The van der Waals surface area contributed by atoms with Crippen molar-refractivity contribution in [2.45, 2.75) is 79.1 Å². The van der Waals surface area contributed by atoms with Crippen LogP contribution >= 0.6 is 0 Å². The van der Waals surface area contributed by atoms with Crippen LogP contribution in [0.4, 0.5) is 34.1 Å². The van der Waals surface area contributed by atoms with Crippen molar-refractivity contribution in [2.24, 2.45) is 0 Å². The third-order valence-corrected chi connectivity index (χ3v) is 10.0. The van der Waals surface area contributed by atoms with Crippen molar-refractivity contribution in [2.75, 3.05) is 36.2 Å². The number of nitrogens with zero attached hydrogens (tertiary/aromatic N) is 2. The first-order valence-electron chi connectivity index (χ1n) is 21.3. The van der Waals surface area contributed by atoms with Crippen LogP contribution in [0.3, 0.4) is 0 Å². The topological polar surface area (TPSA) is 43.4 Å². The summed E-state index contributed by atoms with van der Waals surface area (Å²) in [6, 6.07) is 51.1. The monoisotopic (exact) mass is 776 g/mol. The van der Waals surface area contributed by atoms with Gasteiger partial charge >= 0.3 is 0 Å². The van der Waals surface area contributed by atoms with E-state index in [1.807, 2.05) is 0 Å². The molecule has 0 fully saturated rings. The first kappa shape index (κ1) is 41.7. The minimum absolute atomic E-state index is 0.725. The van der Waals surface area contributed by atoms with E-state index in [2.05, 4.69) is 183 Å². The highest BCUT2D eigenvalue weighted by molar-refractivity contribution is 5.81. The van der Waals surface area contributed by atoms with Crippen LogP contribution in [0.2, 0.25) is 0 Å². The van der Waals surface area contributed by atoms with Crippen molar-refractivity contribution in [1.29, 1.82) is 0 Å². The Kier molecular flexibility index (Phi) is 16.0. The molecule has 0 aliphatic carbocycles. The summed E-state index contributed by atoms with van der Waals surface area (Å²) in [5, 5.41) is 0. The summed E-state index contributed by atoms with van der Waals surface area (Å²) in [6.07, 6.45) is 8.60. The quantitative estimate of drug-likeness (QED) is 0.0604. The number of benzene rings is 6. The van der Waals surface area contributed by atoms with Crippen LogP contribution in [0.1, 0.15) is 79.1 Å².